The molecule has 0 atom stereocenters. The minimum atomic E-state index is 0.514. The molecule has 2 aromatic carbocycles. The lowest BCUT2D eigenvalue weighted by molar-refractivity contribution is 0.901. The van der Waals surface area contributed by atoms with Gasteiger partial charge in [0.2, 0.25) is 5.82 Å². The summed E-state index contributed by atoms with van der Waals surface area (Å²) in [6.45, 7) is 0.514. The number of fused-ring (bicyclic) bond motifs is 3. The molecule has 33 heavy (non-hydrogen) atoms. The highest BCUT2D eigenvalue weighted by Crippen LogP contribution is 2.35. The predicted octanol–water partition coefficient (Wildman–Crippen LogP) is 4.47. The molecule has 0 radical (unpaired) electrons. The maximum atomic E-state index is 5.80. The van der Waals surface area contributed by atoms with E-state index < -0.39 is 0 Å². The molecule has 160 valence electrons. The van der Waals surface area contributed by atoms with Crippen LogP contribution in [0.1, 0.15) is 5.56 Å². The molecular weight excluding hydrogens is 410 g/mol. The molecule has 0 saturated carbocycles. The molecule has 7 heteroatoms. The second kappa shape index (κ2) is 7.65. The lowest BCUT2D eigenvalue weighted by Crippen LogP contribution is -1.98. The zero-order valence-corrected chi connectivity index (χ0v) is 18.1. The number of hydrogen-bond donors (Lipinski definition) is 1. The fourth-order valence-corrected chi connectivity index (χ4v) is 4.19. The summed E-state index contributed by atoms with van der Waals surface area (Å²) in [6, 6.07) is 22.7. The minimum absolute atomic E-state index is 0.514. The van der Waals surface area contributed by atoms with E-state index in [9.17, 15) is 0 Å². The Bertz CT molecular complexity index is 1600. The van der Waals surface area contributed by atoms with E-state index in [1.54, 1.807) is 6.20 Å². The summed E-state index contributed by atoms with van der Waals surface area (Å²) in [7, 11) is 1.95. The number of imidazole rings is 1. The van der Waals surface area contributed by atoms with Gasteiger partial charge in [0.15, 0.2) is 11.5 Å². The zero-order chi connectivity index (χ0) is 22.4. The van der Waals surface area contributed by atoms with Gasteiger partial charge in [-0.3, -0.25) is 4.40 Å². The predicted molar refractivity (Wildman–Crippen MR) is 129 cm³/mol. The highest BCUT2D eigenvalue weighted by atomic mass is 15.3. The second-order valence-electron chi connectivity index (χ2n) is 7.98. The molecule has 6 aromatic rings. The average Bonchev–Trinajstić information content (AvgIpc) is 3.49. The van der Waals surface area contributed by atoms with Crippen molar-refractivity contribution in [2.75, 3.05) is 0 Å². The van der Waals surface area contributed by atoms with Crippen molar-refractivity contribution < 1.29 is 0 Å². The van der Waals surface area contributed by atoms with E-state index in [2.05, 4.69) is 57.6 Å². The third kappa shape index (κ3) is 3.18. The van der Waals surface area contributed by atoms with E-state index in [0.29, 0.717) is 12.4 Å². The first-order valence-electron chi connectivity index (χ1n) is 10.7. The Hall–Kier alpha value is -4.36. The first-order valence-corrected chi connectivity index (χ1v) is 10.7. The summed E-state index contributed by atoms with van der Waals surface area (Å²) >= 11 is 0. The molecular formula is C26H21N7. The van der Waals surface area contributed by atoms with Gasteiger partial charge in [-0.15, -0.1) is 10.2 Å². The number of aryl methyl sites for hydroxylation is 1. The Morgan fingerprint density at radius 2 is 1.67 bits per heavy atom. The number of hydrogen-bond acceptors (Lipinski definition) is 5. The maximum Gasteiger partial charge on any atom is 0.204 e. The number of pyridine rings is 2. The molecule has 6 rings (SSSR count). The summed E-state index contributed by atoms with van der Waals surface area (Å²) < 4.78 is 3.90. The highest BCUT2D eigenvalue weighted by Gasteiger charge is 2.17. The molecule has 0 aliphatic rings. The Balaban J connectivity index is 1.62. The highest BCUT2D eigenvalue weighted by molar-refractivity contribution is 5.98. The van der Waals surface area contributed by atoms with Crippen LogP contribution in [0, 0.1) is 0 Å². The third-order valence-corrected chi connectivity index (χ3v) is 5.94. The van der Waals surface area contributed by atoms with Gasteiger partial charge in [-0.2, -0.15) is 0 Å². The topological polar surface area (TPSA) is 86.9 Å². The van der Waals surface area contributed by atoms with Gasteiger partial charge >= 0.3 is 0 Å². The molecule has 0 saturated heterocycles. The van der Waals surface area contributed by atoms with Gasteiger partial charge in [-0.1, -0.05) is 54.6 Å². The van der Waals surface area contributed by atoms with Gasteiger partial charge in [0.1, 0.15) is 0 Å². The molecule has 0 aliphatic carbocycles. The van der Waals surface area contributed by atoms with Gasteiger partial charge in [-0.05, 0) is 23.3 Å². The molecule has 2 N–H and O–H groups in total. The van der Waals surface area contributed by atoms with Crippen LogP contribution < -0.4 is 5.73 Å². The molecule has 7 nitrogen and oxygen atoms in total. The summed E-state index contributed by atoms with van der Waals surface area (Å²) in [6.07, 6.45) is 5.61. The number of nitrogens with two attached hydrogens (primary N) is 1. The van der Waals surface area contributed by atoms with E-state index in [4.69, 9.17) is 10.7 Å². The van der Waals surface area contributed by atoms with Crippen molar-refractivity contribution in [1.82, 2.24) is 29.1 Å². The van der Waals surface area contributed by atoms with Crippen molar-refractivity contribution >= 4 is 16.6 Å². The lowest BCUT2D eigenvalue weighted by atomic mass is 9.97. The monoisotopic (exact) mass is 431 g/mol. The minimum Gasteiger partial charge on any atom is -0.331 e. The van der Waals surface area contributed by atoms with Crippen LogP contribution >= 0.6 is 0 Å². The van der Waals surface area contributed by atoms with E-state index >= 15 is 0 Å². The molecule has 4 heterocycles. The average molecular weight is 432 g/mol. The van der Waals surface area contributed by atoms with Gasteiger partial charge in [0.05, 0.1) is 11.2 Å². The number of benzene rings is 2. The van der Waals surface area contributed by atoms with E-state index in [1.807, 2.05) is 52.7 Å². The standard InChI is InChI=1S/C26H21N7/c1-32-14-12-28-25(32)26-31-30-24-21-15-20(18-5-3-2-4-6-18)23(29-22(21)11-13-33(24)26)19-9-7-17(16-27)8-10-19/h2-15H,16,27H2,1H3. The lowest BCUT2D eigenvalue weighted by Gasteiger charge is -2.12. The molecule has 0 bridgehead atoms. The summed E-state index contributed by atoms with van der Waals surface area (Å²) in [5, 5.41) is 9.89. The van der Waals surface area contributed by atoms with Crippen molar-refractivity contribution in [3.05, 3.63) is 90.9 Å². The molecule has 0 aliphatic heterocycles. The number of nitrogens with zero attached hydrogens (tertiary/aromatic N) is 6. The van der Waals surface area contributed by atoms with Crippen LogP contribution in [0.15, 0.2) is 85.3 Å². The van der Waals surface area contributed by atoms with Crippen LogP contribution in [0.25, 0.3) is 50.6 Å². The molecule has 0 unspecified atom stereocenters. The molecule has 0 amide bonds. The van der Waals surface area contributed by atoms with Crippen molar-refractivity contribution in [3.63, 3.8) is 0 Å². The molecule has 0 fully saturated rings. The van der Waals surface area contributed by atoms with Gasteiger partial charge in [-0.25, -0.2) is 9.97 Å². The zero-order valence-electron chi connectivity index (χ0n) is 18.1. The summed E-state index contributed by atoms with van der Waals surface area (Å²) in [5.74, 6) is 1.46. The fourth-order valence-electron chi connectivity index (χ4n) is 4.19. The Kier molecular flexibility index (Phi) is 4.48. The largest absolute Gasteiger partial charge is 0.331 e. The normalized spacial score (nSPS) is 11.5. The summed E-state index contributed by atoms with van der Waals surface area (Å²) in [5.41, 5.74) is 12.6. The molecule has 0 spiro atoms. The van der Waals surface area contributed by atoms with E-state index in [0.717, 1.165) is 50.3 Å². The SMILES string of the molecule is Cn1ccnc1-c1nnc2c3cc(-c4ccccc4)c(-c4ccc(CN)cc4)nc3ccn12. The number of aromatic nitrogens is 6. The Labute approximate surface area is 190 Å². The van der Waals surface area contributed by atoms with Crippen molar-refractivity contribution in [3.8, 4) is 34.0 Å². The van der Waals surface area contributed by atoms with Crippen LogP contribution in [0.3, 0.4) is 0 Å². The van der Waals surface area contributed by atoms with Crippen molar-refractivity contribution in [2.24, 2.45) is 12.8 Å². The number of rotatable bonds is 4. The van der Waals surface area contributed by atoms with Crippen LogP contribution in [0.2, 0.25) is 0 Å². The smallest absolute Gasteiger partial charge is 0.204 e. The van der Waals surface area contributed by atoms with Crippen molar-refractivity contribution in [1.29, 1.82) is 0 Å². The van der Waals surface area contributed by atoms with Crippen LogP contribution in [0.5, 0.6) is 0 Å². The second-order valence-corrected chi connectivity index (χ2v) is 7.98. The van der Waals surface area contributed by atoms with E-state index in [-0.39, 0.29) is 0 Å². The van der Waals surface area contributed by atoms with Crippen LogP contribution in [-0.2, 0) is 13.6 Å². The Morgan fingerprint density at radius 3 is 2.39 bits per heavy atom. The van der Waals surface area contributed by atoms with Crippen LogP contribution in [0.4, 0.5) is 0 Å². The molecule has 4 aromatic heterocycles. The van der Waals surface area contributed by atoms with Gasteiger partial charge in [0, 0.05) is 48.7 Å². The third-order valence-electron chi connectivity index (χ3n) is 5.94. The van der Waals surface area contributed by atoms with Crippen LogP contribution in [-0.4, -0.2) is 29.1 Å². The Morgan fingerprint density at radius 1 is 0.848 bits per heavy atom. The first kappa shape index (κ1) is 19.3. The van der Waals surface area contributed by atoms with Crippen molar-refractivity contribution in [2.45, 2.75) is 6.54 Å². The summed E-state index contributed by atoms with van der Waals surface area (Å²) in [4.78, 5) is 9.52. The van der Waals surface area contributed by atoms with Gasteiger partial charge in [0.25, 0.3) is 0 Å². The first-order chi connectivity index (χ1) is 16.2. The maximum absolute atomic E-state index is 5.80. The quantitative estimate of drug-likeness (QED) is 0.445. The fraction of sp³-hybridized carbons (Fsp3) is 0.0769. The van der Waals surface area contributed by atoms with Gasteiger partial charge < -0.3 is 10.3 Å². The van der Waals surface area contributed by atoms with E-state index in [1.165, 1.54) is 0 Å².